The number of rotatable bonds is 11. The van der Waals surface area contributed by atoms with Crippen molar-refractivity contribution < 1.29 is 0 Å². The molecule has 0 saturated heterocycles. The van der Waals surface area contributed by atoms with Crippen LogP contribution in [-0.2, 0) is 6.42 Å². The Kier molecular flexibility index (Phi) is 9.80. The number of nitrogens with zero attached hydrogens (tertiary/aromatic N) is 3. The van der Waals surface area contributed by atoms with Crippen LogP contribution in [0, 0.1) is 0 Å². The Bertz CT molecular complexity index is 2120. The van der Waals surface area contributed by atoms with Crippen LogP contribution in [0.15, 0.2) is 218 Å². The lowest BCUT2D eigenvalue weighted by molar-refractivity contribution is 1.14. The molecule has 53 heavy (non-hydrogen) atoms. The van der Waals surface area contributed by atoms with Crippen molar-refractivity contribution in [2.45, 2.75) is 13.3 Å². The third-order valence-electron chi connectivity index (χ3n) is 9.61. The molecule has 0 fully saturated rings. The number of para-hydroxylation sites is 4. The lowest BCUT2D eigenvalue weighted by Gasteiger charge is -2.29. The second kappa shape index (κ2) is 15.6. The highest BCUT2D eigenvalue weighted by molar-refractivity contribution is 5.84. The summed E-state index contributed by atoms with van der Waals surface area (Å²) in [4.78, 5) is 6.93. The molecule has 8 aromatic carbocycles. The summed E-state index contributed by atoms with van der Waals surface area (Å²) in [5, 5.41) is 0. The van der Waals surface area contributed by atoms with E-state index in [-0.39, 0.29) is 0 Å². The maximum Gasteiger partial charge on any atom is 0.0463 e. The van der Waals surface area contributed by atoms with Crippen LogP contribution in [0.3, 0.4) is 0 Å². The average molecular weight is 684 g/mol. The van der Waals surface area contributed by atoms with Gasteiger partial charge in [-0.2, -0.15) is 0 Å². The number of aryl methyl sites for hydroxylation is 1. The van der Waals surface area contributed by atoms with Gasteiger partial charge in [0.05, 0.1) is 0 Å². The van der Waals surface area contributed by atoms with E-state index in [1.54, 1.807) is 0 Å². The molecule has 0 amide bonds. The first kappa shape index (κ1) is 33.3. The van der Waals surface area contributed by atoms with Crippen LogP contribution in [0.5, 0.6) is 0 Å². The van der Waals surface area contributed by atoms with E-state index in [1.165, 1.54) is 16.7 Å². The van der Waals surface area contributed by atoms with E-state index >= 15 is 0 Å². The molecule has 0 N–H and O–H groups in total. The fraction of sp³-hybridized carbons (Fsp3) is 0.0400. The van der Waals surface area contributed by atoms with Crippen LogP contribution < -0.4 is 14.7 Å². The zero-order chi connectivity index (χ0) is 35.8. The Hall–Kier alpha value is -6.84. The van der Waals surface area contributed by atoms with Gasteiger partial charge < -0.3 is 14.7 Å². The first-order chi connectivity index (χ1) is 26.2. The van der Waals surface area contributed by atoms with Crippen LogP contribution in [0.25, 0.3) is 11.1 Å². The number of hydrogen-bond donors (Lipinski definition) is 0. The maximum atomic E-state index is 2.34. The van der Waals surface area contributed by atoms with Gasteiger partial charge >= 0.3 is 0 Å². The van der Waals surface area contributed by atoms with Crippen LogP contribution in [0.1, 0.15) is 12.5 Å². The molecule has 8 aromatic rings. The minimum absolute atomic E-state index is 1.04. The van der Waals surface area contributed by atoms with Gasteiger partial charge in [-0.25, -0.2) is 0 Å². The fourth-order valence-electron chi connectivity index (χ4n) is 6.89. The quantitative estimate of drug-likeness (QED) is 0.134. The molecular formula is C50H41N3. The highest BCUT2D eigenvalue weighted by atomic mass is 15.2. The van der Waals surface area contributed by atoms with E-state index in [1.807, 2.05) is 0 Å². The highest BCUT2D eigenvalue weighted by Crippen LogP contribution is 2.41. The number of anilines is 9. The highest BCUT2D eigenvalue weighted by Gasteiger charge is 2.18. The predicted octanol–water partition coefficient (Wildman–Crippen LogP) is 14.3. The average Bonchev–Trinajstić information content (AvgIpc) is 3.24. The lowest BCUT2D eigenvalue weighted by atomic mass is 10.0. The molecule has 0 aliphatic carbocycles. The van der Waals surface area contributed by atoms with E-state index in [2.05, 4.69) is 240 Å². The smallest absolute Gasteiger partial charge is 0.0463 e. The van der Waals surface area contributed by atoms with E-state index in [9.17, 15) is 0 Å². The topological polar surface area (TPSA) is 9.72 Å². The Morgan fingerprint density at radius 3 is 0.698 bits per heavy atom. The molecule has 256 valence electrons. The summed E-state index contributed by atoms with van der Waals surface area (Å²) in [6, 6.07) is 77.7. The molecule has 0 bridgehead atoms. The second-order valence-electron chi connectivity index (χ2n) is 13.0. The summed E-state index contributed by atoms with van der Waals surface area (Å²) in [5.74, 6) is 0. The molecule has 0 aromatic heterocycles. The molecule has 8 rings (SSSR count). The van der Waals surface area contributed by atoms with E-state index in [0.29, 0.717) is 0 Å². The molecule has 0 aliphatic heterocycles. The third kappa shape index (κ3) is 7.33. The van der Waals surface area contributed by atoms with Crippen LogP contribution in [-0.4, -0.2) is 0 Å². The van der Waals surface area contributed by atoms with Gasteiger partial charge in [0.2, 0.25) is 0 Å². The van der Waals surface area contributed by atoms with Gasteiger partial charge in [0.15, 0.2) is 0 Å². The van der Waals surface area contributed by atoms with Gasteiger partial charge in [0.25, 0.3) is 0 Å². The van der Waals surface area contributed by atoms with Crippen molar-refractivity contribution in [3.63, 3.8) is 0 Å². The van der Waals surface area contributed by atoms with Gasteiger partial charge in [-0.05, 0) is 132 Å². The molecule has 0 unspecified atom stereocenters. The molecule has 0 radical (unpaired) electrons. The predicted molar refractivity (Wildman–Crippen MR) is 225 cm³/mol. The number of hydrogen-bond acceptors (Lipinski definition) is 3. The largest absolute Gasteiger partial charge is 0.311 e. The Morgan fingerprint density at radius 1 is 0.245 bits per heavy atom. The standard InChI is InChI=1S/C50H41N3/c1-2-39-23-25-40(26-24-39)41-27-29-46(30-28-41)53(49-35-31-47(32-36-49)51(42-15-7-3-8-16-42)43-17-9-4-10-18-43)50-37-33-48(34-38-50)52(44-19-11-5-12-20-44)45-21-13-6-14-22-45/h3-38H,2H2,1H3. The summed E-state index contributed by atoms with van der Waals surface area (Å²) >= 11 is 0. The molecule has 0 heterocycles. The molecular weight excluding hydrogens is 643 g/mol. The van der Waals surface area contributed by atoms with Crippen LogP contribution in [0.2, 0.25) is 0 Å². The van der Waals surface area contributed by atoms with E-state index in [0.717, 1.165) is 57.6 Å². The van der Waals surface area contributed by atoms with E-state index in [4.69, 9.17) is 0 Å². The molecule has 3 nitrogen and oxygen atoms in total. The molecule has 0 atom stereocenters. The van der Waals surface area contributed by atoms with Crippen LogP contribution >= 0.6 is 0 Å². The fourth-order valence-corrected chi connectivity index (χ4v) is 6.89. The van der Waals surface area contributed by atoms with Gasteiger partial charge in [-0.3, -0.25) is 0 Å². The van der Waals surface area contributed by atoms with E-state index < -0.39 is 0 Å². The molecule has 0 saturated carbocycles. The molecule has 0 aliphatic rings. The number of benzene rings is 8. The zero-order valence-corrected chi connectivity index (χ0v) is 29.8. The molecule has 3 heteroatoms. The Morgan fingerprint density at radius 2 is 0.453 bits per heavy atom. The maximum absolute atomic E-state index is 2.34. The zero-order valence-electron chi connectivity index (χ0n) is 29.8. The van der Waals surface area contributed by atoms with Crippen molar-refractivity contribution in [3.05, 3.63) is 224 Å². The third-order valence-corrected chi connectivity index (χ3v) is 9.61. The van der Waals surface area contributed by atoms with Gasteiger partial charge in [0, 0.05) is 51.2 Å². The van der Waals surface area contributed by atoms with Crippen molar-refractivity contribution in [2.75, 3.05) is 14.7 Å². The summed E-state index contributed by atoms with van der Waals surface area (Å²) < 4.78 is 0. The van der Waals surface area contributed by atoms with Crippen molar-refractivity contribution in [3.8, 4) is 11.1 Å². The second-order valence-corrected chi connectivity index (χ2v) is 13.0. The van der Waals surface area contributed by atoms with Crippen LogP contribution in [0.4, 0.5) is 51.2 Å². The first-order valence-electron chi connectivity index (χ1n) is 18.3. The normalized spacial score (nSPS) is 10.8. The SMILES string of the molecule is CCc1ccc(-c2ccc(N(c3ccc(N(c4ccccc4)c4ccccc4)cc3)c3ccc(N(c4ccccc4)c4ccccc4)cc3)cc2)cc1. The Balaban J connectivity index is 1.19. The summed E-state index contributed by atoms with van der Waals surface area (Å²) in [7, 11) is 0. The summed E-state index contributed by atoms with van der Waals surface area (Å²) in [6.07, 6.45) is 1.04. The van der Waals surface area contributed by atoms with Crippen molar-refractivity contribution in [1.29, 1.82) is 0 Å². The Labute approximate surface area is 313 Å². The van der Waals surface area contributed by atoms with Crippen molar-refractivity contribution in [1.82, 2.24) is 0 Å². The van der Waals surface area contributed by atoms with Crippen molar-refractivity contribution >= 4 is 51.2 Å². The molecule has 0 spiro atoms. The van der Waals surface area contributed by atoms with Crippen molar-refractivity contribution in [2.24, 2.45) is 0 Å². The van der Waals surface area contributed by atoms with Gasteiger partial charge in [-0.1, -0.05) is 116 Å². The van der Waals surface area contributed by atoms with Gasteiger partial charge in [0.1, 0.15) is 0 Å². The van der Waals surface area contributed by atoms with Gasteiger partial charge in [-0.15, -0.1) is 0 Å². The minimum Gasteiger partial charge on any atom is -0.311 e. The lowest BCUT2D eigenvalue weighted by Crippen LogP contribution is -2.13. The monoisotopic (exact) mass is 683 g/mol. The first-order valence-corrected chi connectivity index (χ1v) is 18.3. The summed E-state index contributed by atoms with van der Waals surface area (Å²) in [5.41, 5.74) is 13.6. The minimum atomic E-state index is 1.04. The summed E-state index contributed by atoms with van der Waals surface area (Å²) in [6.45, 7) is 2.19.